The van der Waals surface area contributed by atoms with Crippen molar-refractivity contribution in [3.63, 3.8) is 0 Å². The van der Waals surface area contributed by atoms with Crippen LogP contribution in [0.5, 0.6) is 0 Å². The summed E-state index contributed by atoms with van der Waals surface area (Å²) in [6.45, 7) is 1.82. The van der Waals surface area contributed by atoms with Crippen molar-refractivity contribution in [2.45, 2.75) is 24.6 Å². The molecule has 0 unspecified atom stereocenters. The average molecular weight is 284 g/mol. The molecule has 0 bridgehead atoms. The van der Waals surface area contributed by atoms with Gasteiger partial charge in [0.15, 0.2) is 0 Å². The number of hydrogen-bond acceptors (Lipinski definition) is 2. The zero-order valence-electron chi connectivity index (χ0n) is 10.8. The van der Waals surface area contributed by atoms with Gasteiger partial charge in [-0.15, -0.1) is 0 Å². The van der Waals surface area contributed by atoms with Gasteiger partial charge in [0.1, 0.15) is 0 Å². The molecule has 2 aliphatic rings. The Labute approximate surface area is 114 Å². The SMILES string of the molecule is O=C(c1cccc(C(F)(F)F)c1)N1CCNC2(CC2)C1. The fourth-order valence-corrected chi connectivity index (χ4v) is 2.63. The fraction of sp³-hybridized carbons (Fsp3) is 0.500. The molecule has 1 aromatic rings. The highest BCUT2D eigenvalue weighted by Crippen LogP contribution is 2.38. The molecule has 3 rings (SSSR count). The molecule has 20 heavy (non-hydrogen) atoms. The number of rotatable bonds is 1. The zero-order valence-corrected chi connectivity index (χ0v) is 10.8. The molecule has 1 aliphatic carbocycles. The summed E-state index contributed by atoms with van der Waals surface area (Å²) in [6, 6.07) is 4.64. The summed E-state index contributed by atoms with van der Waals surface area (Å²) in [6.07, 6.45) is -2.36. The monoisotopic (exact) mass is 284 g/mol. The van der Waals surface area contributed by atoms with E-state index in [9.17, 15) is 18.0 Å². The van der Waals surface area contributed by atoms with Crippen molar-refractivity contribution < 1.29 is 18.0 Å². The van der Waals surface area contributed by atoms with E-state index in [1.54, 1.807) is 4.90 Å². The molecule has 3 nitrogen and oxygen atoms in total. The minimum atomic E-state index is -4.42. The van der Waals surface area contributed by atoms with Crippen molar-refractivity contribution in [2.75, 3.05) is 19.6 Å². The van der Waals surface area contributed by atoms with Gasteiger partial charge in [-0.2, -0.15) is 13.2 Å². The van der Waals surface area contributed by atoms with Gasteiger partial charge < -0.3 is 10.2 Å². The Balaban J connectivity index is 1.80. The van der Waals surface area contributed by atoms with Crippen LogP contribution in [-0.2, 0) is 6.18 Å². The molecule has 0 atom stereocenters. The first-order valence-corrected chi connectivity index (χ1v) is 6.61. The molecule has 1 aliphatic heterocycles. The lowest BCUT2D eigenvalue weighted by molar-refractivity contribution is -0.137. The maximum absolute atomic E-state index is 12.7. The Morgan fingerprint density at radius 3 is 2.70 bits per heavy atom. The summed E-state index contributed by atoms with van der Waals surface area (Å²) in [5.74, 6) is -0.316. The highest BCUT2D eigenvalue weighted by Gasteiger charge is 2.46. The first-order chi connectivity index (χ1) is 9.40. The number of carbonyl (C=O) groups excluding carboxylic acids is 1. The van der Waals surface area contributed by atoms with E-state index in [1.807, 2.05) is 0 Å². The van der Waals surface area contributed by atoms with Crippen molar-refractivity contribution in [3.05, 3.63) is 35.4 Å². The maximum atomic E-state index is 12.7. The summed E-state index contributed by atoms with van der Waals surface area (Å²) >= 11 is 0. The largest absolute Gasteiger partial charge is 0.416 e. The van der Waals surface area contributed by atoms with Crippen LogP contribution in [-0.4, -0.2) is 36.0 Å². The van der Waals surface area contributed by atoms with E-state index < -0.39 is 11.7 Å². The number of hydrogen-bond donors (Lipinski definition) is 1. The Hall–Kier alpha value is -1.56. The number of halogens is 3. The second-order valence-electron chi connectivity index (χ2n) is 5.51. The molecule has 1 spiro atoms. The van der Waals surface area contributed by atoms with E-state index in [2.05, 4.69) is 5.32 Å². The summed E-state index contributed by atoms with van der Waals surface area (Å²) in [7, 11) is 0. The molecule has 0 aromatic heterocycles. The fourth-order valence-electron chi connectivity index (χ4n) is 2.63. The molecule has 2 fully saturated rings. The minimum Gasteiger partial charge on any atom is -0.336 e. The number of nitrogens with one attached hydrogen (secondary N) is 1. The molecule has 1 aromatic carbocycles. The molecule has 1 saturated carbocycles. The van der Waals surface area contributed by atoms with Gasteiger partial charge in [-0.3, -0.25) is 4.79 Å². The van der Waals surface area contributed by atoms with Crippen molar-refractivity contribution >= 4 is 5.91 Å². The van der Waals surface area contributed by atoms with Crippen molar-refractivity contribution in [1.82, 2.24) is 10.2 Å². The first kappa shape index (κ1) is 13.4. The minimum absolute atomic E-state index is 0.0234. The highest BCUT2D eigenvalue weighted by atomic mass is 19.4. The maximum Gasteiger partial charge on any atom is 0.416 e. The number of alkyl halides is 3. The van der Waals surface area contributed by atoms with Crippen molar-refractivity contribution in [2.24, 2.45) is 0 Å². The molecule has 1 saturated heterocycles. The van der Waals surface area contributed by atoms with Gasteiger partial charge in [-0.05, 0) is 31.0 Å². The van der Waals surface area contributed by atoms with Crippen LogP contribution in [0.15, 0.2) is 24.3 Å². The standard InChI is InChI=1S/C14H15F3N2O/c15-14(16,17)11-3-1-2-10(8-11)12(20)19-7-6-18-13(9-19)4-5-13/h1-3,8,18H,4-7,9H2. The van der Waals surface area contributed by atoms with Crippen LogP contribution in [0.25, 0.3) is 0 Å². The van der Waals surface area contributed by atoms with E-state index in [-0.39, 0.29) is 17.0 Å². The van der Waals surface area contributed by atoms with Gasteiger partial charge >= 0.3 is 6.18 Å². The molecular formula is C14H15F3N2O. The van der Waals surface area contributed by atoms with Crippen molar-refractivity contribution in [1.29, 1.82) is 0 Å². The van der Waals surface area contributed by atoms with E-state index in [0.29, 0.717) is 19.6 Å². The molecule has 1 amide bonds. The summed E-state index contributed by atoms with van der Waals surface area (Å²) in [4.78, 5) is 14.0. The second kappa shape index (κ2) is 4.48. The van der Waals surface area contributed by atoms with Gasteiger partial charge in [-0.25, -0.2) is 0 Å². The summed E-state index contributed by atoms with van der Waals surface area (Å²) in [5.41, 5.74) is -0.646. The molecule has 6 heteroatoms. The quantitative estimate of drug-likeness (QED) is 0.858. The van der Waals surface area contributed by atoms with Crippen LogP contribution in [0.1, 0.15) is 28.8 Å². The lowest BCUT2D eigenvalue weighted by atomic mass is 10.1. The van der Waals surface area contributed by atoms with Crippen LogP contribution in [0.2, 0.25) is 0 Å². The predicted octanol–water partition coefficient (Wildman–Crippen LogP) is 2.28. The number of nitrogens with zero attached hydrogens (tertiary/aromatic N) is 1. The van der Waals surface area contributed by atoms with Gasteiger partial charge in [-0.1, -0.05) is 6.07 Å². The Bertz CT molecular complexity index is 537. The number of benzene rings is 1. The predicted molar refractivity (Wildman–Crippen MR) is 67.3 cm³/mol. The Morgan fingerprint density at radius 1 is 1.30 bits per heavy atom. The third-order valence-corrected chi connectivity index (χ3v) is 3.95. The Morgan fingerprint density at radius 2 is 2.05 bits per heavy atom. The van der Waals surface area contributed by atoms with E-state index in [1.165, 1.54) is 12.1 Å². The number of amides is 1. The third kappa shape index (κ3) is 2.52. The Kier molecular flexibility index (Phi) is 3.01. The lowest BCUT2D eigenvalue weighted by Gasteiger charge is -2.34. The number of carbonyl (C=O) groups is 1. The lowest BCUT2D eigenvalue weighted by Crippen LogP contribution is -2.54. The van der Waals surface area contributed by atoms with E-state index in [4.69, 9.17) is 0 Å². The molecule has 1 heterocycles. The van der Waals surface area contributed by atoms with Crippen molar-refractivity contribution in [3.8, 4) is 0 Å². The normalized spacial score (nSPS) is 21.1. The third-order valence-electron chi connectivity index (χ3n) is 3.95. The van der Waals surface area contributed by atoms with Crippen LogP contribution in [0, 0.1) is 0 Å². The molecule has 108 valence electrons. The molecule has 0 radical (unpaired) electrons. The first-order valence-electron chi connectivity index (χ1n) is 6.61. The summed E-state index contributed by atoms with van der Waals surface area (Å²) < 4.78 is 38.0. The number of piperazine rings is 1. The van der Waals surface area contributed by atoms with Gasteiger partial charge in [0.25, 0.3) is 5.91 Å². The topological polar surface area (TPSA) is 32.3 Å². The average Bonchev–Trinajstić information content (AvgIpc) is 3.16. The second-order valence-corrected chi connectivity index (χ2v) is 5.51. The van der Waals surface area contributed by atoms with E-state index in [0.717, 1.165) is 25.0 Å². The van der Waals surface area contributed by atoms with Gasteiger partial charge in [0, 0.05) is 30.7 Å². The van der Waals surface area contributed by atoms with Gasteiger partial charge in [0.05, 0.1) is 5.56 Å². The van der Waals surface area contributed by atoms with Crippen LogP contribution in [0.3, 0.4) is 0 Å². The smallest absolute Gasteiger partial charge is 0.336 e. The summed E-state index contributed by atoms with van der Waals surface area (Å²) in [5, 5.41) is 3.37. The van der Waals surface area contributed by atoms with Gasteiger partial charge in [0.2, 0.25) is 0 Å². The van der Waals surface area contributed by atoms with E-state index >= 15 is 0 Å². The van der Waals surface area contributed by atoms with Crippen LogP contribution in [0.4, 0.5) is 13.2 Å². The van der Waals surface area contributed by atoms with Crippen LogP contribution < -0.4 is 5.32 Å². The van der Waals surface area contributed by atoms with Crippen LogP contribution >= 0.6 is 0 Å². The zero-order chi connectivity index (χ0) is 14.4. The molecule has 1 N–H and O–H groups in total. The highest BCUT2D eigenvalue weighted by molar-refractivity contribution is 5.94. The molecular weight excluding hydrogens is 269 g/mol.